The van der Waals surface area contributed by atoms with Gasteiger partial charge in [0.1, 0.15) is 11.6 Å². The smallest absolute Gasteiger partial charge is 0.311 e. The Bertz CT molecular complexity index is 1120. The Balaban J connectivity index is 1.69. The van der Waals surface area contributed by atoms with E-state index in [4.69, 9.17) is 0 Å². The van der Waals surface area contributed by atoms with E-state index in [-0.39, 0.29) is 17.5 Å². The summed E-state index contributed by atoms with van der Waals surface area (Å²) in [6, 6.07) is 11.1. The van der Waals surface area contributed by atoms with Gasteiger partial charge in [-0.3, -0.25) is 18.7 Å². The second-order valence-electron chi connectivity index (χ2n) is 6.21. The van der Waals surface area contributed by atoms with Crippen LogP contribution in [0.1, 0.15) is 11.4 Å². The van der Waals surface area contributed by atoms with E-state index in [9.17, 15) is 14.4 Å². The Morgan fingerprint density at radius 1 is 1.11 bits per heavy atom. The molecule has 0 aliphatic carbocycles. The lowest BCUT2D eigenvalue weighted by atomic mass is 10.2. The summed E-state index contributed by atoms with van der Waals surface area (Å²) >= 11 is 1.24. The van der Waals surface area contributed by atoms with E-state index in [0.717, 1.165) is 16.0 Å². The Hall–Kier alpha value is -3.14. The van der Waals surface area contributed by atoms with Crippen LogP contribution in [0.3, 0.4) is 0 Å². The SMILES string of the molecule is Cc1nnc(SCC(=O)Nc2cc(=O)n(C)c(=O)n2C)n1Cc1ccccc1. The van der Waals surface area contributed by atoms with Crippen LogP contribution in [0, 0.1) is 6.92 Å². The molecule has 0 saturated heterocycles. The minimum atomic E-state index is -0.506. The lowest BCUT2D eigenvalue weighted by Crippen LogP contribution is -2.38. The number of amides is 1. The van der Waals surface area contributed by atoms with Gasteiger partial charge in [0, 0.05) is 20.2 Å². The second-order valence-corrected chi connectivity index (χ2v) is 7.15. The molecule has 1 aromatic carbocycles. The van der Waals surface area contributed by atoms with Crippen LogP contribution < -0.4 is 16.6 Å². The number of aryl methyl sites for hydroxylation is 1. The van der Waals surface area contributed by atoms with E-state index < -0.39 is 11.2 Å². The normalized spacial score (nSPS) is 10.8. The zero-order valence-corrected chi connectivity index (χ0v) is 16.6. The quantitative estimate of drug-likeness (QED) is 0.613. The van der Waals surface area contributed by atoms with Gasteiger partial charge < -0.3 is 9.88 Å². The van der Waals surface area contributed by atoms with Crippen molar-refractivity contribution in [3.63, 3.8) is 0 Å². The molecule has 0 unspecified atom stereocenters. The lowest BCUT2D eigenvalue weighted by molar-refractivity contribution is -0.113. The van der Waals surface area contributed by atoms with E-state index >= 15 is 0 Å². The summed E-state index contributed by atoms with van der Waals surface area (Å²) in [6.07, 6.45) is 0. The number of nitrogens with one attached hydrogen (secondary N) is 1. The summed E-state index contributed by atoms with van der Waals surface area (Å²) in [5.74, 6) is 0.623. The fourth-order valence-electron chi connectivity index (χ4n) is 2.58. The van der Waals surface area contributed by atoms with E-state index in [2.05, 4.69) is 15.5 Å². The number of hydrogen-bond acceptors (Lipinski definition) is 6. The Morgan fingerprint density at radius 3 is 2.54 bits per heavy atom. The molecule has 28 heavy (non-hydrogen) atoms. The van der Waals surface area contributed by atoms with E-state index in [1.807, 2.05) is 41.8 Å². The summed E-state index contributed by atoms with van der Waals surface area (Å²) in [7, 11) is 2.87. The first-order valence-corrected chi connectivity index (χ1v) is 9.49. The summed E-state index contributed by atoms with van der Waals surface area (Å²) < 4.78 is 4.12. The maximum Gasteiger partial charge on any atom is 0.332 e. The molecule has 0 aliphatic heterocycles. The number of carbonyl (C=O) groups excluding carboxylic acids is 1. The largest absolute Gasteiger partial charge is 0.332 e. The van der Waals surface area contributed by atoms with E-state index in [1.165, 1.54) is 36.5 Å². The first-order chi connectivity index (χ1) is 13.4. The molecular formula is C18H20N6O3S. The van der Waals surface area contributed by atoms with Crippen molar-refractivity contribution in [1.29, 1.82) is 0 Å². The molecule has 0 saturated carbocycles. The standard InChI is InChI=1S/C18H20N6O3S/c1-12-20-21-17(24(12)10-13-7-5-4-6-8-13)28-11-15(25)19-14-9-16(26)23(3)18(27)22(14)2/h4-9H,10-11H2,1-3H3,(H,19,25). The molecule has 146 valence electrons. The lowest BCUT2D eigenvalue weighted by Gasteiger charge is -2.11. The first-order valence-electron chi connectivity index (χ1n) is 8.50. The number of nitrogens with zero attached hydrogens (tertiary/aromatic N) is 5. The van der Waals surface area contributed by atoms with Crippen LogP contribution in [0.5, 0.6) is 0 Å². The molecular weight excluding hydrogens is 380 g/mol. The highest BCUT2D eigenvalue weighted by Crippen LogP contribution is 2.18. The van der Waals surface area contributed by atoms with Gasteiger partial charge >= 0.3 is 5.69 Å². The summed E-state index contributed by atoms with van der Waals surface area (Å²) in [6.45, 7) is 2.46. The van der Waals surface area contributed by atoms with Gasteiger partial charge in [-0.05, 0) is 12.5 Å². The topological polar surface area (TPSA) is 104 Å². The van der Waals surface area contributed by atoms with Crippen molar-refractivity contribution in [1.82, 2.24) is 23.9 Å². The fourth-order valence-corrected chi connectivity index (χ4v) is 3.36. The predicted molar refractivity (Wildman–Crippen MR) is 107 cm³/mol. The molecule has 3 rings (SSSR count). The van der Waals surface area contributed by atoms with Crippen molar-refractivity contribution in [3.8, 4) is 0 Å². The van der Waals surface area contributed by atoms with Gasteiger partial charge in [0.15, 0.2) is 5.16 Å². The number of anilines is 1. The minimum absolute atomic E-state index is 0.0658. The van der Waals surface area contributed by atoms with Crippen molar-refractivity contribution in [2.45, 2.75) is 18.6 Å². The molecule has 0 atom stereocenters. The van der Waals surface area contributed by atoms with Crippen molar-refractivity contribution >= 4 is 23.5 Å². The van der Waals surface area contributed by atoms with E-state index in [1.54, 1.807) is 0 Å². The summed E-state index contributed by atoms with van der Waals surface area (Å²) in [5.41, 5.74) is 0.116. The van der Waals surface area contributed by atoms with Gasteiger partial charge in [0.05, 0.1) is 12.3 Å². The molecule has 1 N–H and O–H groups in total. The second kappa shape index (κ2) is 8.26. The van der Waals surface area contributed by atoms with Crippen LogP contribution in [-0.4, -0.2) is 35.6 Å². The number of carbonyl (C=O) groups is 1. The number of hydrogen-bond donors (Lipinski definition) is 1. The molecule has 10 heteroatoms. The van der Waals surface area contributed by atoms with Crippen LogP contribution >= 0.6 is 11.8 Å². The molecule has 1 amide bonds. The highest BCUT2D eigenvalue weighted by Gasteiger charge is 2.14. The van der Waals surface area contributed by atoms with Crippen molar-refractivity contribution < 1.29 is 4.79 Å². The van der Waals surface area contributed by atoms with Crippen LogP contribution in [-0.2, 0) is 25.4 Å². The average molecular weight is 400 g/mol. The molecule has 2 aromatic heterocycles. The van der Waals surface area contributed by atoms with Crippen LogP contribution in [0.25, 0.3) is 0 Å². The number of rotatable bonds is 6. The number of aromatic nitrogens is 5. The Kier molecular flexibility index (Phi) is 5.78. The van der Waals surface area contributed by atoms with Gasteiger partial charge in [0.25, 0.3) is 5.56 Å². The monoisotopic (exact) mass is 400 g/mol. The fraction of sp³-hybridized carbons (Fsp3) is 0.278. The van der Waals surface area contributed by atoms with Crippen molar-refractivity contribution in [2.24, 2.45) is 14.1 Å². The third kappa shape index (κ3) is 4.22. The third-order valence-electron chi connectivity index (χ3n) is 4.21. The molecule has 0 aliphatic rings. The molecule has 2 heterocycles. The highest BCUT2D eigenvalue weighted by atomic mass is 32.2. The molecule has 0 spiro atoms. The molecule has 3 aromatic rings. The van der Waals surface area contributed by atoms with Crippen molar-refractivity contribution in [3.05, 3.63) is 68.6 Å². The minimum Gasteiger partial charge on any atom is -0.311 e. The van der Waals surface area contributed by atoms with Crippen LogP contribution in [0.2, 0.25) is 0 Å². The van der Waals surface area contributed by atoms with Gasteiger partial charge in [0.2, 0.25) is 5.91 Å². The Morgan fingerprint density at radius 2 is 1.82 bits per heavy atom. The van der Waals surface area contributed by atoms with Gasteiger partial charge in [-0.2, -0.15) is 0 Å². The van der Waals surface area contributed by atoms with Crippen LogP contribution in [0.4, 0.5) is 5.82 Å². The molecule has 0 bridgehead atoms. The molecule has 0 fully saturated rings. The van der Waals surface area contributed by atoms with Crippen LogP contribution in [0.15, 0.2) is 51.1 Å². The number of thioether (sulfide) groups is 1. The zero-order chi connectivity index (χ0) is 20.3. The van der Waals surface area contributed by atoms with E-state index in [0.29, 0.717) is 11.7 Å². The average Bonchev–Trinajstić information content (AvgIpc) is 3.03. The first kappa shape index (κ1) is 19.6. The van der Waals surface area contributed by atoms with Gasteiger partial charge in [-0.25, -0.2) is 4.79 Å². The third-order valence-corrected chi connectivity index (χ3v) is 5.18. The highest BCUT2D eigenvalue weighted by molar-refractivity contribution is 7.99. The number of benzene rings is 1. The maximum atomic E-state index is 12.3. The predicted octanol–water partition coefficient (Wildman–Crippen LogP) is 0.763. The van der Waals surface area contributed by atoms with Gasteiger partial charge in [-0.1, -0.05) is 42.1 Å². The zero-order valence-electron chi connectivity index (χ0n) is 15.7. The van der Waals surface area contributed by atoms with Crippen molar-refractivity contribution in [2.75, 3.05) is 11.1 Å². The van der Waals surface area contributed by atoms with Gasteiger partial charge in [-0.15, -0.1) is 10.2 Å². The molecule has 0 radical (unpaired) electrons. The summed E-state index contributed by atoms with van der Waals surface area (Å²) in [5, 5.41) is 11.4. The maximum absolute atomic E-state index is 12.3. The Labute approximate surface area is 165 Å². The summed E-state index contributed by atoms with van der Waals surface area (Å²) in [4.78, 5) is 36.0. The molecule has 9 nitrogen and oxygen atoms in total.